The van der Waals surface area contributed by atoms with Crippen LogP contribution in [0.15, 0.2) is 18.3 Å². The first-order chi connectivity index (χ1) is 7.17. The highest BCUT2D eigenvalue weighted by Gasteiger charge is 2.13. The predicted molar refractivity (Wildman–Crippen MR) is 65.8 cm³/mol. The molecule has 0 aliphatic rings. The lowest BCUT2D eigenvalue weighted by Gasteiger charge is -2.23. The highest BCUT2D eigenvalue weighted by molar-refractivity contribution is 5.48. The second-order valence-electron chi connectivity index (χ2n) is 3.98. The van der Waals surface area contributed by atoms with Gasteiger partial charge in [0.15, 0.2) is 0 Å². The second-order valence-corrected chi connectivity index (χ2v) is 3.98. The summed E-state index contributed by atoms with van der Waals surface area (Å²) in [6.07, 6.45) is 4.11. The molecule has 1 rings (SSSR count). The van der Waals surface area contributed by atoms with Crippen LogP contribution in [0.2, 0.25) is 0 Å². The number of pyridine rings is 1. The number of hydrogen-bond donors (Lipinski definition) is 2. The monoisotopic (exact) mass is 207 g/mol. The van der Waals surface area contributed by atoms with Gasteiger partial charge in [0.2, 0.25) is 0 Å². The van der Waals surface area contributed by atoms with Crippen molar-refractivity contribution in [3.63, 3.8) is 0 Å². The van der Waals surface area contributed by atoms with E-state index in [1.165, 1.54) is 12.8 Å². The zero-order valence-electron chi connectivity index (χ0n) is 9.83. The van der Waals surface area contributed by atoms with Gasteiger partial charge in [-0.05, 0) is 18.9 Å². The van der Waals surface area contributed by atoms with Crippen molar-refractivity contribution in [1.82, 2.24) is 4.98 Å². The lowest BCUT2D eigenvalue weighted by atomic mass is 9.95. The van der Waals surface area contributed by atoms with E-state index in [4.69, 9.17) is 5.73 Å². The molecule has 0 aromatic carbocycles. The van der Waals surface area contributed by atoms with Gasteiger partial charge in [-0.1, -0.05) is 26.7 Å². The van der Waals surface area contributed by atoms with Gasteiger partial charge in [-0.15, -0.1) is 0 Å². The average Bonchev–Trinajstić information content (AvgIpc) is 2.19. The molecule has 1 unspecified atom stereocenters. The molecule has 1 atom stereocenters. The van der Waals surface area contributed by atoms with Crippen LogP contribution >= 0.6 is 0 Å². The highest BCUT2D eigenvalue weighted by Crippen LogP contribution is 2.17. The van der Waals surface area contributed by atoms with Crippen LogP contribution in [-0.4, -0.2) is 11.0 Å². The van der Waals surface area contributed by atoms with Gasteiger partial charge >= 0.3 is 0 Å². The maximum absolute atomic E-state index is 5.70. The summed E-state index contributed by atoms with van der Waals surface area (Å²) in [5.41, 5.74) is 6.45. The molecule has 15 heavy (non-hydrogen) atoms. The first-order valence-corrected chi connectivity index (χ1v) is 5.65. The van der Waals surface area contributed by atoms with E-state index in [1.54, 1.807) is 12.3 Å². The molecule has 0 aliphatic heterocycles. The summed E-state index contributed by atoms with van der Waals surface area (Å²) < 4.78 is 0. The Morgan fingerprint density at radius 1 is 1.40 bits per heavy atom. The molecule has 1 aromatic rings. The van der Waals surface area contributed by atoms with Crippen molar-refractivity contribution in [2.45, 2.75) is 39.7 Å². The molecule has 0 aliphatic carbocycles. The largest absolute Gasteiger partial charge is 0.399 e. The van der Waals surface area contributed by atoms with Crippen molar-refractivity contribution in [2.24, 2.45) is 5.92 Å². The molecule has 0 fully saturated rings. The maximum Gasteiger partial charge on any atom is 0.128 e. The fourth-order valence-corrected chi connectivity index (χ4v) is 1.87. The zero-order chi connectivity index (χ0) is 11.3. The van der Waals surface area contributed by atoms with Crippen LogP contribution in [0.1, 0.15) is 33.6 Å². The van der Waals surface area contributed by atoms with Crippen molar-refractivity contribution in [3.05, 3.63) is 18.3 Å². The Labute approximate surface area is 92.1 Å². The summed E-state index contributed by atoms with van der Waals surface area (Å²) in [5.74, 6) is 1.56. The Morgan fingerprint density at radius 3 is 2.60 bits per heavy atom. The molecule has 3 heteroatoms. The number of rotatable bonds is 5. The molecule has 1 heterocycles. The summed E-state index contributed by atoms with van der Waals surface area (Å²) in [6.45, 7) is 6.64. The SMILES string of the molecule is CCC(CC)C(C)Nc1cc(N)ccn1. The third kappa shape index (κ3) is 3.42. The van der Waals surface area contributed by atoms with Crippen molar-refractivity contribution in [1.29, 1.82) is 0 Å². The minimum atomic E-state index is 0.439. The van der Waals surface area contributed by atoms with Gasteiger partial charge in [-0.3, -0.25) is 0 Å². The van der Waals surface area contributed by atoms with Crippen LogP contribution in [0.5, 0.6) is 0 Å². The summed E-state index contributed by atoms with van der Waals surface area (Å²) in [4.78, 5) is 4.24. The number of nitrogens with two attached hydrogens (primary N) is 1. The Bertz CT molecular complexity index is 295. The van der Waals surface area contributed by atoms with E-state index in [9.17, 15) is 0 Å². The molecule has 0 saturated heterocycles. The second kappa shape index (κ2) is 5.59. The zero-order valence-corrected chi connectivity index (χ0v) is 9.83. The van der Waals surface area contributed by atoms with E-state index in [1.807, 2.05) is 6.07 Å². The quantitative estimate of drug-likeness (QED) is 0.780. The van der Waals surface area contributed by atoms with Crippen LogP contribution in [0, 0.1) is 5.92 Å². The van der Waals surface area contributed by atoms with Crippen molar-refractivity contribution >= 4 is 11.5 Å². The Kier molecular flexibility index (Phi) is 4.40. The van der Waals surface area contributed by atoms with Gasteiger partial charge in [0, 0.05) is 24.0 Å². The van der Waals surface area contributed by atoms with Crippen LogP contribution < -0.4 is 11.1 Å². The molecule has 0 saturated carbocycles. The van der Waals surface area contributed by atoms with E-state index in [2.05, 4.69) is 31.1 Å². The fourth-order valence-electron chi connectivity index (χ4n) is 1.87. The number of hydrogen-bond acceptors (Lipinski definition) is 3. The van der Waals surface area contributed by atoms with Crippen LogP contribution in [0.4, 0.5) is 11.5 Å². The molecule has 0 bridgehead atoms. The minimum absolute atomic E-state index is 0.439. The summed E-state index contributed by atoms with van der Waals surface area (Å²) in [5, 5.41) is 3.39. The van der Waals surface area contributed by atoms with Crippen molar-refractivity contribution in [3.8, 4) is 0 Å². The number of nitrogen functional groups attached to an aromatic ring is 1. The number of nitrogens with zero attached hydrogens (tertiary/aromatic N) is 1. The van der Waals surface area contributed by atoms with E-state index in [0.717, 1.165) is 11.5 Å². The fraction of sp³-hybridized carbons (Fsp3) is 0.583. The lowest BCUT2D eigenvalue weighted by Crippen LogP contribution is -2.25. The smallest absolute Gasteiger partial charge is 0.128 e. The van der Waals surface area contributed by atoms with Gasteiger partial charge in [0.25, 0.3) is 0 Å². The Balaban J connectivity index is 2.61. The molecule has 0 amide bonds. The number of anilines is 2. The first kappa shape index (κ1) is 11.8. The first-order valence-electron chi connectivity index (χ1n) is 5.65. The van der Waals surface area contributed by atoms with Gasteiger partial charge in [-0.2, -0.15) is 0 Å². The van der Waals surface area contributed by atoms with Crippen molar-refractivity contribution < 1.29 is 0 Å². The highest BCUT2D eigenvalue weighted by atomic mass is 15.0. The van der Waals surface area contributed by atoms with Gasteiger partial charge in [0.1, 0.15) is 5.82 Å². The summed E-state index contributed by atoms with van der Waals surface area (Å²) >= 11 is 0. The van der Waals surface area contributed by atoms with E-state index in [0.29, 0.717) is 12.0 Å². The van der Waals surface area contributed by atoms with Gasteiger partial charge in [-0.25, -0.2) is 4.98 Å². The molecule has 0 radical (unpaired) electrons. The maximum atomic E-state index is 5.70. The molecular formula is C12H21N3. The van der Waals surface area contributed by atoms with E-state index >= 15 is 0 Å². The minimum Gasteiger partial charge on any atom is -0.399 e. The summed E-state index contributed by atoms with van der Waals surface area (Å²) in [6, 6.07) is 4.11. The lowest BCUT2D eigenvalue weighted by molar-refractivity contribution is 0.437. The molecule has 3 nitrogen and oxygen atoms in total. The topological polar surface area (TPSA) is 50.9 Å². The van der Waals surface area contributed by atoms with E-state index < -0.39 is 0 Å². The molecule has 84 valence electrons. The molecular weight excluding hydrogens is 186 g/mol. The van der Waals surface area contributed by atoms with E-state index in [-0.39, 0.29) is 0 Å². The van der Waals surface area contributed by atoms with Crippen LogP contribution in [-0.2, 0) is 0 Å². The predicted octanol–water partition coefficient (Wildman–Crippen LogP) is 2.90. The molecule has 3 N–H and O–H groups in total. The number of nitrogens with one attached hydrogen (secondary N) is 1. The van der Waals surface area contributed by atoms with Crippen LogP contribution in [0.25, 0.3) is 0 Å². The third-order valence-corrected chi connectivity index (χ3v) is 2.92. The van der Waals surface area contributed by atoms with Crippen LogP contribution in [0.3, 0.4) is 0 Å². The molecule has 0 spiro atoms. The molecule has 1 aromatic heterocycles. The third-order valence-electron chi connectivity index (χ3n) is 2.92. The van der Waals surface area contributed by atoms with Crippen molar-refractivity contribution in [2.75, 3.05) is 11.1 Å². The average molecular weight is 207 g/mol. The van der Waals surface area contributed by atoms with Gasteiger partial charge < -0.3 is 11.1 Å². The normalized spacial score (nSPS) is 12.8. The Morgan fingerprint density at radius 2 is 2.07 bits per heavy atom. The van der Waals surface area contributed by atoms with Gasteiger partial charge in [0.05, 0.1) is 0 Å². The standard InChI is InChI=1S/C12H21N3/c1-4-10(5-2)9(3)15-12-8-11(13)6-7-14-12/h6-10H,4-5H2,1-3H3,(H3,13,14,15). The number of aromatic nitrogens is 1. The Hall–Kier alpha value is -1.25. The summed E-state index contributed by atoms with van der Waals surface area (Å²) in [7, 11) is 0.